The number of nitriles is 1. The Bertz CT molecular complexity index is 478. The SMILES string of the molecule is N#Cc1cc([N+](=O)[O-])ccc1OCC(N)=O. The topological polar surface area (TPSA) is 119 Å². The zero-order valence-corrected chi connectivity index (χ0v) is 8.04. The summed E-state index contributed by atoms with van der Waals surface area (Å²) < 4.78 is 4.90. The zero-order valence-electron chi connectivity index (χ0n) is 8.04. The molecule has 7 nitrogen and oxygen atoms in total. The molecule has 0 saturated carbocycles. The zero-order chi connectivity index (χ0) is 12.1. The van der Waals surface area contributed by atoms with E-state index >= 15 is 0 Å². The molecule has 0 aliphatic carbocycles. The fraction of sp³-hybridized carbons (Fsp3) is 0.111. The lowest BCUT2D eigenvalue weighted by molar-refractivity contribution is -0.384. The Morgan fingerprint density at radius 1 is 1.62 bits per heavy atom. The second-order valence-corrected chi connectivity index (χ2v) is 2.80. The summed E-state index contributed by atoms with van der Waals surface area (Å²) >= 11 is 0. The van der Waals surface area contributed by atoms with Gasteiger partial charge in [-0.1, -0.05) is 0 Å². The first kappa shape index (κ1) is 11.5. The molecular weight excluding hydrogens is 214 g/mol. The molecule has 7 heteroatoms. The number of rotatable bonds is 4. The highest BCUT2D eigenvalue weighted by Gasteiger charge is 2.11. The molecule has 82 valence electrons. The summed E-state index contributed by atoms with van der Waals surface area (Å²) in [5.74, 6) is -0.603. The summed E-state index contributed by atoms with van der Waals surface area (Å²) in [7, 11) is 0. The van der Waals surface area contributed by atoms with Gasteiger partial charge in [-0.15, -0.1) is 0 Å². The van der Waals surface area contributed by atoms with Crippen LogP contribution in [0.15, 0.2) is 18.2 Å². The number of carbonyl (C=O) groups excluding carboxylic acids is 1. The molecule has 0 heterocycles. The van der Waals surface area contributed by atoms with Crippen molar-refractivity contribution in [1.82, 2.24) is 0 Å². The first-order valence-corrected chi connectivity index (χ1v) is 4.14. The molecule has 1 amide bonds. The van der Waals surface area contributed by atoms with Gasteiger partial charge in [0.2, 0.25) is 0 Å². The third kappa shape index (κ3) is 2.68. The number of amides is 1. The normalized spacial score (nSPS) is 9.19. The van der Waals surface area contributed by atoms with Gasteiger partial charge in [0.25, 0.3) is 11.6 Å². The van der Waals surface area contributed by atoms with Crippen LogP contribution >= 0.6 is 0 Å². The van der Waals surface area contributed by atoms with E-state index in [-0.39, 0.29) is 23.6 Å². The smallest absolute Gasteiger partial charge is 0.271 e. The number of non-ortho nitro benzene ring substituents is 1. The molecule has 0 aliphatic heterocycles. The highest BCUT2D eigenvalue weighted by Crippen LogP contribution is 2.23. The largest absolute Gasteiger partial charge is 0.482 e. The van der Waals surface area contributed by atoms with Gasteiger partial charge in [-0.05, 0) is 6.07 Å². The van der Waals surface area contributed by atoms with Gasteiger partial charge >= 0.3 is 0 Å². The highest BCUT2D eigenvalue weighted by atomic mass is 16.6. The quantitative estimate of drug-likeness (QED) is 0.580. The van der Waals surface area contributed by atoms with E-state index in [1.54, 1.807) is 6.07 Å². The van der Waals surface area contributed by atoms with Crippen molar-refractivity contribution in [2.45, 2.75) is 0 Å². The highest BCUT2D eigenvalue weighted by molar-refractivity contribution is 5.75. The molecule has 2 N–H and O–H groups in total. The second kappa shape index (κ2) is 4.75. The average Bonchev–Trinajstić information content (AvgIpc) is 2.25. The van der Waals surface area contributed by atoms with E-state index in [4.69, 9.17) is 15.7 Å². The van der Waals surface area contributed by atoms with E-state index in [1.165, 1.54) is 12.1 Å². The number of carbonyl (C=O) groups is 1. The number of hydrogen-bond acceptors (Lipinski definition) is 5. The van der Waals surface area contributed by atoms with E-state index in [2.05, 4.69) is 0 Å². The van der Waals surface area contributed by atoms with Crippen LogP contribution in [0.25, 0.3) is 0 Å². The minimum absolute atomic E-state index is 0.0181. The number of nitrogens with two attached hydrogens (primary N) is 1. The van der Waals surface area contributed by atoms with Crippen molar-refractivity contribution in [1.29, 1.82) is 5.26 Å². The van der Waals surface area contributed by atoms with Gasteiger partial charge in [-0.2, -0.15) is 5.26 Å². The van der Waals surface area contributed by atoms with Crippen molar-refractivity contribution in [2.75, 3.05) is 6.61 Å². The third-order valence-corrected chi connectivity index (χ3v) is 1.66. The van der Waals surface area contributed by atoms with Gasteiger partial charge in [0.15, 0.2) is 6.61 Å². The first-order valence-electron chi connectivity index (χ1n) is 4.14. The second-order valence-electron chi connectivity index (χ2n) is 2.80. The van der Waals surface area contributed by atoms with Crippen molar-refractivity contribution in [3.8, 4) is 11.8 Å². The molecule has 16 heavy (non-hydrogen) atoms. The third-order valence-electron chi connectivity index (χ3n) is 1.66. The van der Waals surface area contributed by atoms with Gasteiger partial charge in [0.1, 0.15) is 17.4 Å². The summed E-state index contributed by atoms with van der Waals surface area (Å²) in [6.07, 6.45) is 0. The Morgan fingerprint density at radius 3 is 2.81 bits per heavy atom. The maximum absolute atomic E-state index is 10.5. The number of primary amides is 1. The minimum Gasteiger partial charge on any atom is -0.482 e. The molecule has 1 aromatic rings. The standard InChI is InChI=1S/C9H7N3O4/c10-4-6-3-7(12(14)15)1-2-8(6)16-5-9(11)13/h1-3H,5H2,(H2,11,13). The molecular formula is C9H7N3O4. The van der Waals surface area contributed by atoms with Crippen LogP contribution in [0.2, 0.25) is 0 Å². The van der Waals surface area contributed by atoms with Crippen LogP contribution in [0.1, 0.15) is 5.56 Å². The van der Waals surface area contributed by atoms with Gasteiger partial charge < -0.3 is 10.5 Å². The van der Waals surface area contributed by atoms with Crippen LogP contribution in [-0.2, 0) is 4.79 Å². The summed E-state index contributed by atoms with van der Waals surface area (Å²) in [5.41, 5.74) is 4.62. The van der Waals surface area contributed by atoms with Gasteiger partial charge in [0.05, 0.1) is 4.92 Å². The van der Waals surface area contributed by atoms with Crippen LogP contribution in [-0.4, -0.2) is 17.4 Å². The van der Waals surface area contributed by atoms with Crippen molar-refractivity contribution >= 4 is 11.6 Å². The van der Waals surface area contributed by atoms with Crippen LogP contribution in [0.5, 0.6) is 5.75 Å². The Hall–Kier alpha value is -2.62. The van der Waals surface area contributed by atoms with E-state index in [9.17, 15) is 14.9 Å². The van der Waals surface area contributed by atoms with Crippen molar-refractivity contribution < 1.29 is 14.5 Å². The molecule has 0 radical (unpaired) electrons. The van der Waals surface area contributed by atoms with Gasteiger partial charge in [-0.3, -0.25) is 14.9 Å². The maximum atomic E-state index is 10.5. The molecule has 0 fully saturated rings. The molecule has 0 aliphatic rings. The number of nitro benzene ring substituents is 1. The van der Waals surface area contributed by atoms with E-state index in [0.29, 0.717) is 0 Å². The lowest BCUT2D eigenvalue weighted by atomic mass is 10.2. The van der Waals surface area contributed by atoms with Crippen molar-refractivity contribution in [3.63, 3.8) is 0 Å². The average molecular weight is 221 g/mol. The molecule has 1 rings (SSSR count). The number of ether oxygens (including phenoxy) is 1. The molecule has 0 spiro atoms. The summed E-state index contributed by atoms with van der Waals surface area (Å²) in [5, 5.41) is 19.1. The number of nitro groups is 1. The molecule has 0 bridgehead atoms. The summed E-state index contributed by atoms with van der Waals surface area (Å²) in [4.78, 5) is 20.3. The Labute approximate surface area is 90.2 Å². The van der Waals surface area contributed by atoms with Gasteiger partial charge in [0, 0.05) is 12.1 Å². The lowest BCUT2D eigenvalue weighted by Gasteiger charge is -2.04. The van der Waals surface area contributed by atoms with E-state index < -0.39 is 10.8 Å². The van der Waals surface area contributed by atoms with Gasteiger partial charge in [-0.25, -0.2) is 0 Å². The lowest BCUT2D eigenvalue weighted by Crippen LogP contribution is -2.20. The van der Waals surface area contributed by atoms with Crippen LogP contribution < -0.4 is 10.5 Å². The molecule has 0 saturated heterocycles. The van der Waals surface area contributed by atoms with E-state index in [1.807, 2.05) is 0 Å². The fourth-order valence-electron chi connectivity index (χ4n) is 0.994. The first-order chi connectivity index (χ1) is 7.54. The predicted octanol–water partition coefficient (Wildman–Crippen LogP) is 0.331. The van der Waals surface area contributed by atoms with E-state index in [0.717, 1.165) is 6.07 Å². The molecule has 0 atom stereocenters. The van der Waals surface area contributed by atoms with Crippen molar-refractivity contribution in [2.24, 2.45) is 5.73 Å². The fourth-order valence-corrected chi connectivity index (χ4v) is 0.994. The number of hydrogen-bond donors (Lipinski definition) is 1. The Kier molecular flexibility index (Phi) is 3.40. The minimum atomic E-state index is -0.692. The van der Waals surface area contributed by atoms with Crippen LogP contribution in [0.4, 0.5) is 5.69 Å². The summed E-state index contributed by atoms with van der Waals surface area (Å²) in [6, 6.07) is 5.23. The predicted molar refractivity (Wildman–Crippen MR) is 52.5 cm³/mol. The van der Waals surface area contributed by atoms with Crippen molar-refractivity contribution in [3.05, 3.63) is 33.9 Å². The molecule has 0 aromatic heterocycles. The van der Waals surface area contributed by atoms with Crippen LogP contribution in [0, 0.1) is 21.4 Å². The monoisotopic (exact) mass is 221 g/mol. The Morgan fingerprint density at radius 2 is 2.31 bits per heavy atom. The Balaban J connectivity index is 2.99. The number of benzene rings is 1. The molecule has 0 unspecified atom stereocenters. The molecule has 1 aromatic carbocycles. The summed E-state index contributed by atoms with van der Waals surface area (Å²) in [6.45, 7) is -0.382. The maximum Gasteiger partial charge on any atom is 0.271 e. The number of nitrogens with zero attached hydrogens (tertiary/aromatic N) is 2. The van der Waals surface area contributed by atoms with Crippen LogP contribution in [0.3, 0.4) is 0 Å².